The molecule has 0 aliphatic heterocycles. The van der Waals surface area contributed by atoms with E-state index in [0.29, 0.717) is 0 Å². The summed E-state index contributed by atoms with van der Waals surface area (Å²) < 4.78 is 7.69. The van der Waals surface area contributed by atoms with E-state index >= 15 is 0 Å². The molecule has 0 spiro atoms. The molecule has 3 aromatic heterocycles. The molecular formula is C127H118N6. The molecule has 133 heavy (non-hydrogen) atoms. The topological polar surface area (TPSA) is 24.5 Å². The van der Waals surface area contributed by atoms with Gasteiger partial charge >= 0.3 is 0 Å². The molecule has 0 bridgehead atoms. The van der Waals surface area contributed by atoms with Crippen molar-refractivity contribution in [3.63, 3.8) is 0 Å². The Bertz CT molecular complexity index is 7800. The van der Waals surface area contributed by atoms with Gasteiger partial charge in [-0.3, -0.25) is 0 Å². The zero-order valence-electron chi connectivity index (χ0n) is 80.4. The molecule has 6 heteroatoms. The third-order valence-electron chi connectivity index (χ3n) is 29.1. The van der Waals surface area contributed by atoms with E-state index in [4.69, 9.17) is 0 Å². The number of nitrogens with zero attached hydrogens (tertiary/aromatic N) is 6. The Morgan fingerprint density at radius 1 is 0.241 bits per heavy atom. The molecule has 20 aromatic rings. The molecule has 0 N–H and O–H groups in total. The van der Waals surface area contributed by atoms with E-state index in [0.717, 1.165) is 116 Å². The number of fused-ring (bicyclic) bond motifs is 15. The first-order valence-corrected chi connectivity index (χ1v) is 47.7. The molecule has 656 valence electrons. The molecule has 0 fully saturated rings. The number of allylic oxidation sites excluding steroid dienone is 5. The Kier molecular flexibility index (Phi) is 19.5. The van der Waals surface area contributed by atoms with Crippen LogP contribution in [0.2, 0.25) is 0 Å². The average Bonchev–Trinajstić information content (AvgIpc) is 1.51. The Balaban J connectivity index is 0.854. The van der Waals surface area contributed by atoms with Crippen LogP contribution in [0.4, 0.5) is 45.5 Å². The summed E-state index contributed by atoms with van der Waals surface area (Å²) in [6, 6.07) is 127. The smallest absolute Gasteiger partial charge is 0.0713 e. The first kappa shape index (κ1) is 84.4. The third-order valence-corrected chi connectivity index (χ3v) is 29.1. The van der Waals surface area contributed by atoms with Gasteiger partial charge in [0.05, 0.1) is 84.1 Å². The molecule has 2 atom stereocenters. The van der Waals surface area contributed by atoms with Gasteiger partial charge in [-0.25, -0.2) is 0 Å². The molecule has 0 radical (unpaired) electrons. The van der Waals surface area contributed by atoms with Crippen molar-refractivity contribution in [3.05, 3.63) is 403 Å². The number of aromatic nitrogens is 3. The van der Waals surface area contributed by atoms with Crippen LogP contribution in [-0.4, -0.2) is 19.2 Å². The summed E-state index contributed by atoms with van der Waals surface area (Å²) in [4.78, 5) is 7.97. The molecule has 2 aliphatic rings. The number of hydrogen-bond donors (Lipinski definition) is 0. The lowest BCUT2D eigenvalue weighted by atomic mass is 9.72. The normalized spacial score (nSPS) is 15.3. The van der Waals surface area contributed by atoms with Gasteiger partial charge in [0.15, 0.2) is 0 Å². The molecule has 6 nitrogen and oxygen atoms in total. The van der Waals surface area contributed by atoms with Gasteiger partial charge < -0.3 is 28.4 Å². The number of benzene rings is 17. The Morgan fingerprint density at radius 3 is 0.872 bits per heavy atom. The van der Waals surface area contributed by atoms with Gasteiger partial charge in [-0.1, -0.05) is 349 Å². The fraction of sp³-hybridized carbons (Fsp3) is 0.213. The molecular weight excluding hydrogens is 1610 g/mol. The third kappa shape index (κ3) is 14.0. The van der Waals surface area contributed by atoms with Crippen molar-refractivity contribution >= 4 is 170 Å². The average molecular weight is 1730 g/mol. The lowest BCUT2D eigenvalue weighted by Gasteiger charge is -2.49. The first-order valence-electron chi connectivity index (χ1n) is 47.7. The van der Waals surface area contributed by atoms with Crippen molar-refractivity contribution in [2.75, 3.05) is 14.7 Å². The maximum atomic E-state index is 2.74. The van der Waals surface area contributed by atoms with Crippen molar-refractivity contribution in [3.8, 4) is 11.4 Å². The van der Waals surface area contributed by atoms with Crippen LogP contribution in [-0.2, 0) is 32.5 Å². The fourth-order valence-electron chi connectivity index (χ4n) is 21.8. The van der Waals surface area contributed by atoms with Gasteiger partial charge in [0.2, 0.25) is 0 Å². The van der Waals surface area contributed by atoms with Crippen LogP contribution in [0.25, 0.3) is 136 Å². The van der Waals surface area contributed by atoms with E-state index in [2.05, 4.69) is 524 Å². The minimum Gasteiger partial charge on any atom is -0.330 e. The van der Waals surface area contributed by atoms with Gasteiger partial charge in [-0.05, 0) is 234 Å². The molecule has 2 aliphatic carbocycles. The van der Waals surface area contributed by atoms with Gasteiger partial charge in [0.1, 0.15) is 0 Å². The molecule has 0 saturated heterocycles. The summed E-state index contributed by atoms with van der Waals surface area (Å²) in [5, 5.41) is 18.9. The highest BCUT2D eigenvalue weighted by molar-refractivity contribution is 6.17. The van der Waals surface area contributed by atoms with E-state index in [1.807, 2.05) is 0 Å². The predicted molar refractivity (Wildman–Crippen MR) is 575 cm³/mol. The predicted octanol–water partition coefficient (Wildman–Crippen LogP) is 35.6. The maximum absolute atomic E-state index is 2.74. The zero-order chi connectivity index (χ0) is 92.1. The Labute approximate surface area is 783 Å². The van der Waals surface area contributed by atoms with Crippen LogP contribution in [0.5, 0.6) is 0 Å². The minimum atomic E-state index is -0.831. The monoisotopic (exact) mass is 1730 g/mol. The van der Waals surface area contributed by atoms with E-state index in [-0.39, 0.29) is 38.4 Å². The summed E-state index contributed by atoms with van der Waals surface area (Å²) in [5.41, 5.74) is 26.6. The summed E-state index contributed by atoms with van der Waals surface area (Å²) in [6.45, 7) is 44.5. The summed E-state index contributed by atoms with van der Waals surface area (Å²) in [7, 11) is 0. The Hall–Kier alpha value is -14.2. The van der Waals surface area contributed by atoms with Crippen LogP contribution in [0.15, 0.2) is 370 Å². The number of rotatable bonds is 12. The van der Waals surface area contributed by atoms with Gasteiger partial charge in [0.25, 0.3) is 0 Å². The number of hydrogen-bond acceptors (Lipinski definition) is 3. The van der Waals surface area contributed by atoms with Crippen molar-refractivity contribution < 1.29 is 0 Å². The van der Waals surface area contributed by atoms with Crippen molar-refractivity contribution in [2.24, 2.45) is 5.92 Å². The molecule has 3 heterocycles. The largest absolute Gasteiger partial charge is 0.330 e. The van der Waals surface area contributed by atoms with Gasteiger partial charge in [-0.2, -0.15) is 0 Å². The second kappa shape index (κ2) is 30.7. The SMILES string of the molecule is CC(C)(C)c1ccc2c(c1)c1cc(C(C)(C)C)ccc1n2C1=C2C=CC=CC2C(C)(N(c2cc(N(c3cccc4ccccc34)c3ccc(-n4c5ccc(C(C)(C)C)cc5c5cc(C(C)(C)C)ccc54)c4ccccc34)cc(N(c3cccc4ccccc34)c3ccc(-n4c5ccc(C(C)(C)C)cc5c5cc(C(C)(C)C)ccc54)c4ccccc34)c2)c2cccc3ccccc23)C=C1. The summed E-state index contributed by atoms with van der Waals surface area (Å²) in [6.07, 6.45) is 14.5. The molecule has 0 saturated carbocycles. The standard InChI is InChI=1S/C127H118N6/c1-121(2,3)83-53-59-113-100(71-83)101-72-84(122(4,5)6)54-60-114(101)130(113)111-67-65-109(95-44-26-28-46-97(95)111)128(107-50-32-38-80-35-20-23-41-92(80)107)89-77-90(129(108-51-33-39-81-36-21-24-42-93(81)108)110-66-68-112(98-47-29-27-45-96(98)110)131-115-61-55-85(123(7,8)9)73-102(115)103-74-86(124(10,11)12)56-62-116(103)131)79-91(78-89)133(120-52-34-40-82-37-22-25-43-94(82)120)127(19)70-69-119(99-48-30-31-49-106(99)127)132-117-63-57-87(125(13,14)15)75-104(117)105-76-88(126(16,17)18)58-64-118(105)132/h20-79,106H,1-19H3. The van der Waals surface area contributed by atoms with E-state index in [1.165, 1.54) is 104 Å². The van der Waals surface area contributed by atoms with Gasteiger partial charge in [-0.15, -0.1) is 0 Å². The Morgan fingerprint density at radius 2 is 0.526 bits per heavy atom. The molecule has 17 aromatic carbocycles. The van der Waals surface area contributed by atoms with E-state index < -0.39 is 5.54 Å². The lowest BCUT2D eigenvalue weighted by molar-refractivity contribution is 0.469. The van der Waals surface area contributed by atoms with Gasteiger partial charge in [0, 0.05) is 93.0 Å². The van der Waals surface area contributed by atoms with Crippen molar-refractivity contribution in [1.82, 2.24) is 13.7 Å². The van der Waals surface area contributed by atoms with Crippen LogP contribution in [0.1, 0.15) is 165 Å². The molecule has 2 unspecified atom stereocenters. The highest BCUT2D eigenvalue weighted by atomic mass is 15.2. The molecule has 22 rings (SSSR count). The van der Waals surface area contributed by atoms with E-state index in [1.54, 1.807) is 0 Å². The quantitative estimate of drug-likeness (QED) is 0.122. The maximum Gasteiger partial charge on any atom is 0.0713 e. The minimum absolute atomic E-state index is 0.0662. The van der Waals surface area contributed by atoms with Crippen molar-refractivity contribution in [1.29, 1.82) is 0 Å². The highest BCUT2D eigenvalue weighted by Gasteiger charge is 2.45. The van der Waals surface area contributed by atoms with Crippen LogP contribution >= 0.6 is 0 Å². The van der Waals surface area contributed by atoms with E-state index in [9.17, 15) is 0 Å². The second-order valence-corrected chi connectivity index (χ2v) is 44.0. The fourth-order valence-corrected chi connectivity index (χ4v) is 21.8. The van der Waals surface area contributed by atoms with Crippen LogP contribution in [0, 0.1) is 5.92 Å². The zero-order valence-corrected chi connectivity index (χ0v) is 80.4. The highest BCUT2D eigenvalue weighted by Crippen LogP contribution is 2.57. The molecule has 0 amide bonds. The second-order valence-electron chi connectivity index (χ2n) is 44.0. The summed E-state index contributed by atoms with van der Waals surface area (Å²) in [5.74, 6) is -0.211. The van der Waals surface area contributed by atoms with Crippen molar-refractivity contribution in [2.45, 2.75) is 170 Å². The first-order chi connectivity index (χ1) is 63.6. The van der Waals surface area contributed by atoms with Crippen LogP contribution < -0.4 is 14.7 Å². The lowest BCUT2D eigenvalue weighted by Crippen LogP contribution is -2.50. The number of anilines is 8. The summed E-state index contributed by atoms with van der Waals surface area (Å²) >= 11 is 0. The van der Waals surface area contributed by atoms with Crippen LogP contribution in [0.3, 0.4) is 0 Å².